The van der Waals surface area contributed by atoms with Crippen LogP contribution in [0.25, 0.3) is 0 Å². The first-order valence-corrected chi connectivity index (χ1v) is 7.74. The molecular formula is C17H21N3O. The van der Waals surface area contributed by atoms with Crippen molar-refractivity contribution in [1.29, 1.82) is 5.26 Å². The Morgan fingerprint density at radius 2 is 2.19 bits per heavy atom. The minimum atomic E-state index is 0.0600. The third-order valence-electron chi connectivity index (χ3n) is 4.69. The van der Waals surface area contributed by atoms with Gasteiger partial charge in [-0.25, -0.2) is 0 Å². The smallest absolute Gasteiger partial charge is 0.254 e. The zero-order chi connectivity index (χ0) is 14.8. The summed E-state index contributed by atoms with van der Waals surface area (Å²) in [6.45, 7) is 5.07. The molecule has 2 heterocycles. The van der Waals surface area contributed by atoms with E-state index in [-0.39, 0.29) is 11.9 Å². The number of fused-ring (bicyclic) bond motifs is 1. The zero-order valence-electron chi connectivity index (χ0n) is 12.5. The van der Waals surface area contributed by atoms with Crippen molar-refractivity contribution in [1.82, 2.24) is 9.80 Å². The third kappa shape index (κ3) is 2.79. The molecule has 1 amide bonds. The summed E-state index contributed by atoms with van der Waals surface area (Å²) in [6.07, 6.45) is 3.73. The minimum absolute atomic E-state index is 0.0600. The van der Waals surface area contributed by atoms with Crippen molar-refractivity contribution in [2.45, 2.75) is 38.3 Å². The molecule has 4 nitrogen and oxygen atoms in total. The van der Waals surface area contributed by atoms with E-state index < -0.39 is 0 Å². The number of hydrogen-bond acceptors (Lipinski definition) is 3. The highest BCUT2D eigenvalue weighted by Crippen LogP contribution is 2.25. The van der Waals surface area contributed by atoms with E-state index in [4.69, 9.17) is 5.26 Å². The molecule has 2 fully saturated rings. The molecule has 4 heteroatoms. The number of piperidine rings is 1. The van der Waals surface area contributed by atoms with Gasteiger partial charge >= 0.3 is 0 Å². The normalized spacial score (nSPS) is 26.0. The molecule has 0 radical (unpaired) electrons. The summed E-state index contributed by atoms with van der Waals surface area (Å²) in [4.78, 5) is 17.3. The van der Waals surface area contributed by atoms with Crippen LogP contribution in [0.1, 0.15) is 42.1 Å². The number of nitriles is 1. The number of amides is 1. The number of carbonyl (C=O) groups excluding carboxylic acids is 1. The fraction of sp³-hybridized carbons (Fsp3) is 0.529. The number of carbonyl (C=O) groups is 1. The van der Waals surface area contributed by atoms with Gasteiger partial charge in [0.05, 0.1) is 11.6 Å². The summed E-state index contributed by atoms with van der Waals surface area (Å²) in [7, 11) is 0. The van der Waals surface area contributed by atoms with Gasteiger partial charge in [0.2, 0.25) is 0 Å². The lowest BCUT2D eigenvalue weighted by atomic mass is 9.96. The highest BCUT2D eigenvalue weighted by molar-refractivity contribution is 5.94. The van der Waals surface area contributed by atoms with Crippen LogP contribution in [0.15, 0.2) is 24.3 Å². The van der Waals surface area contributed by atoms with Gasteiger partial charge < -0.3 is 4.90 Å². The second-order valence-corrected chi connectivity index (χ2v) is 6.14. The predicted octanol–water partition coefficient (Wildman–Crippen LogP) is 2.26. The van der Waals surface area contributed by atoms with E-state index >= 15 is 0 Å². The average Bonchev–Trinajstić information content (AvgIpc) is 2.53. The Bertz CT molecular complexity index is 578. The first-order chi connectivity index (χ1) is 10.2. The van der Waals surface area contributed by atoms with Gasteiger partial charge in [0.25, 0.3) is 5.91 Å². The Morgan fingerprint density at radius 3 is 3.00 bits per heavy atom. The van der Waals surface area contributed by atoms with Gasteiger partial charge in [-0.1, -0.05) is 12.5 Å². The number of nitrogens with zero attached hydrogens (tertiary/aromatic N) is 3. The molecular weight excluding hydrogens is 262 g/mol. The molecule has 1 aromatic rings. The third-order valence-corrected chi connectivity index (χ3v) is 4.69. The van der Waals surface area contributed by atoms with Crippen LogP contribution in [0.2, 0.25) is 0 Å². The summed E-state index contributed by atoms with van der Waals surface area (Å²) in [5.41, 5.74) is 1.18. The van der Waals surface area contributed by atoms with Gasteiger partial charge in [-0.3, -0.25) is 9.69 Å². The largest absolute Gasteiger partial charge is 0.333 e. The van der Waals surface area contributed by atoms with E-state index in [1.807, 2.05) is 11.0 Å². The Balaban J connectivity index is 1.78. The van der Waals surface area contributed by atoms with Crippen molar-refractivity contribution in [3.63, 3.8) is 0 Å². The number of hydrogen-bond donors (Lipinski definition) is 0. The van der Waals surface area contributed by atoms with E-state index in [2.05, 4.69) is 17.9 Å². The van der Waals surface area contributed by atoms with Crippen LogP contribution in [0.3, 0.4) is 0 Å². The van der Waals surface area contributed by atoms with Gasteiger partial charge in [-0.05, 0) is 44.5 Å². The maximum Gasteiger partial charge on any atom is 0.254 e. The second kappa shape index (κ2) is 5.87. The molecule has 1 aromatic carbocycles. The van der Waals surface area contributed by atoms with E-state index in [1.54, 1.807) is 18.2 Å². The minimum Gasteiger partial charge on any atom is -0.333 e. The predicted molar refractivity (Wildman–Crippen MR) is 80.9 cm³/mol. The van der Waals surface area contributed by atoms with Gasteiger partial charge in [-0.15, -0.1) is 0 Å². The van der Waals surface area contributed by atoms with Crippen molar-refractivity contribution in [2.24, 2.45) is 0 Å². The van der Waals surface area contributed by atoms with E-state index in [0.29, 0.717) is 17.2 Å². The topological polar surface area (TPSA) is 47.3 Å². The average molecular weight is 283 g/mol. The molecule has 2 aliphatic heterocycles. The van der Waals surface area contributed by atoms with Gasteiger partial charge in [0.1, 0.15) is 0 Å². The van der Waals surface area contributed by atoms with Crippen LogP contribution >= 0.6 is 0 Å². The van der Waals surface area contributed by atoms with Gasteiger partial charge in [-0.2, -0.15) is 5.26 Å². The fourth-order valence-corrected chi connectivity index (χ4v) is 3.52. The monoisotopic (exact) mass is 283 g/mol. The van der Waals surface area contributed by atoms with E-state index in [1.165, 1.54) is 25.8 Å². The maximum absolute atomic E-state index is 12.8. The first-order valence-electron chi connectivity index (χ1n) is 7.74. The Hall–Kier alpha value is -1.86. The van der Waals surface area contributed by atoms with Crippen LogP contribution in [0, 0.1) is 11.3 Å². The summed E-state index contributed by atoms with van der Waals surface area (Å²) in [5, 5.41) is 8.98. The molecule has 0 aromatic heterocycles. The van der Waals surface area contributed by atoms with Crippen molar-refractivity contribution in [3.05, 3.63) is 35.4 Å². The molecule has 0 aliphatic carbocycles. The highest BCUT2D eigenvalue weighted by Gasteiger charge is 2.35. The second-order valence-electron chi connectivity index (χ2n) is 6.14. The summed E-state index contributed by atoms with van der Waals surface area (Å²) in [5.74, 6) is 0.0600. The molecule has 2 atom stereocenters. The molecule has 2 unspecified atom stereocenters. The van der Waals surface area contributed by atoms with Crippen LogP contribution in [-0.4, -0.2) is 47.4 Å². The number of rotatable bonds is 1. The summed E-state index contributed by atoms with van der Waals surface area (Å²) >= 11 is 0. The Labute approximate surface area is 126 Å². The molecule has 0 saturated carbocycles. The van der Waals surface area contributed by atoms with Crippen LogP contribution in [0.5, 0.6) is 0 Å². The zero-order valence-corrected chi connectivity index (χ0v) is 12.5. The quantitative estimate of drug-likeness (QED) is 0.794. The van der Waals surface area contributed by atoms with Crippen LogP contribution < -0.4 is 0 Å². The lowest BCUT2D eigenvalue weighted by molar-refractivity contribution is 0.0151. The number of benzene rings is 1. The molecule has 110 valence electrons. The molecule has 2 aliphatic rings. The van der Waals surface area contributed by atoms with Gasteiger partial charge in [0, 0.05) is 30.7 Å². The van der Waals surface area contributed by atoms with Crippen molar-refractivity contribution in [3.8, 4) is 6.07 Å². The lowest BCUT2D eigenvalue weighted by Gasteiger charge is -2.47. The molecule has 2 saturated heterocycles. The van der Waals surface area contributed by atoms with Crippen molar-refractivity contribution >= 4 is 5.91 Å². The Morgan fingerprint density at radius 1 is 1.33 bits per heavy atom. The molecule has 3 rings (SSSR count). The van der Waals surface area contributed by atoms with Crippen molar-refractivity contribution < 1.29 is 4.79 Å². The van der Waals surface area contributed by atoms with Crippen molar-refractivity contribution in [2.75, 3.05) is 19.6 Å². The summed E-state index contributed by atoms with van der Waals surface area (Å²) < 4.78 is 0. The van der Waals surface area contributed by atoms with Crippen LogP contribution in [0.4, 0.5) is 0 Å². The molecule has 0 N–H and O–H groups in total. The molecule has 0 bridgehead atoms. The maximum atomic E-state index is 12.8. The van der Waals surface area contributed by atoms with E-state index in [9.17, 15) is 4.79 Å². The highest BCUT2D eigenvalue weighted by atomic mass is 16.2. The van der Waals surface area contributed by atoms with E-state index in [0.717, 1.165) is 13.1 Å². The Kier molecular flexibility index (Phi) is 3.94. The SMILES string of the molecule is CC1CN2CCCCC2CN1C(=O)c1cccc(C#N)c1. The van der Waals surface area contributed by atoms with Crippen LogP contribution in [-0.2, 0) is 0 Å². The first kappa shape index (κ1) is 14.1. The summed E-state index contributed by atoms with van der Waals surface area (Å²) in [6, 6.07) is 9.87. The number of piperazine rings is 1. The lowest BCUT2D eigenvalue weighted by Crippen LogP contribution is -2.60. The fourth-order valence-electron chi connectivity index (χ4n) is 3.52. The van der Waals surface area contributed by atoms with Gasteiger partial charge in [0.15, 0.2) is 0 Å². The molecule has 21 heavy (non-hydrogen) atoms. The molecule has 0 spiro atoms. The standard InChI is InChI=1S/C17H21N3O/c1-13-11-19-8-3-2-7-16(19)12-20(13)17(21)15-6-4-5-14(9-15)10-18/h4-6,9,13,16H,2-3,7-8,11-12H2,1H3.